The van der Waals surface area contributed by atoms with Crippen LogP contribution in [0.25, 0.3) is 0 Å². The van der Waals surface area contributed by atoms with Crippen molar-refractivity contribution >= 4 is 11.9 Å². The monoisotopic (exact) mass is 307 g/mol. The number of carboxylic acid groups (broad SMARTS) is 1. The first kappa shape index (κ1) is 15.0. The second kappa shape index (κ2) is 6.46. The summed E-state index contributed by atoms with van der Waals surface area (Å²) in [7, 11) is 0. The quantitative estimate of drug-likeness (QED) is 0.859. The number of carboxylic acids is 1. The molecule has 7 heteroatoms. The molecule has 0 bridgehead atoms. The van der Waals surface area contributed by atoms with Crippen LogP contribution in [-0.2, 0) is 16.0 Å². The molecule has 0 unspecified atom stereocenters. The van der Waals surface area contributed by atoms with Crippen molar-refractivity contribution in [3.8, 4) is 0 Å². The molecule has 1 aromatic rings. The van der Waals surface area contributed by atoms with Crippen LogP contribution in [0.5, 0.6) is 0 Å². The summed E-state index contributed by atoms with van der Waals surface area (Å²) in [5.74, 6) is 0.822. The number of carbonyl (C=O) groups is 2. The maximum atomic E-state index is 12.2. The number of rotatable bonds is 6. The Balaban J connectivity index is 1.47. The lowest BCUT2D eigenvalue weighted by atomic mass is 10.0. The van der Waals surface area contributed by atoms with Crippen LogP contribution in [0.2, 0.25) is 0 Å². The highest BCUT2D eigenvalue weighted by atomic mass is 16.5. The van der Waals surface area contributed by atoms with Crippen LogP contribution in [0, 0.1) is 0 Å². The molecule has 1 aliphatic heterocycles. The van der Waals surface area contributed by atoms with Crippen molar-refractivity contribution in [2.45, 2.75) is 63.3 Å². The van der Waals surface area contributed by atoms with Gasteiger partial charge in [-0.15, -0.1) is 0 Å². The summed E-state index contributed by atoms with van der Waals surface area (Å²) in [6, 6.07) is -0.661. The average molecular weight is 307 g/mol. The van der Waals surface area contributed by atoms with Gasteiger partial charge in [-0.25, -0.2) is 4.79 Å². The van der Waals surface area contributed by atoms with Gasteiger partial charge in [0.25, 0.3) is 0 Å². The Bertz CT molecular complexity index is 553. The van der Waals surface area contributed by atoms with Crippen LogP contribution in [0.4, 0.5) is 0 Å². The molecule has 1 amide bonds. The van der Waals surface area contributed by atoms with E-state index in [1.807, 2.05) is 0 Å². The highest BCUT2D eigenvalue weighted by Gasteiger charge is 2.31. The van der Waals surface area contributed by atoms with E-state index < -0.39 is 12.0 Å². The van der Waals surface area contributed by atoms with Gasteiger partial charge in [-0.05, 0) is 38.5 Å². The lowest BCUT2D eigenvalue weighted by Crippen LogP contribution is -2.47. The lowest BCUT2D eigenvalue weighted by molar-refractivity contribution is -0.152. The van der Waals surface area contributed by atoms with Crippen LogP contribution >= 0.6 is 0 Å². The fourth-order valence-electron chi connectivity index (χ4n) is 2.90. The zero-order chi connectivity index (χ0) is 15.5. The second-order valence-corrected chi connectivity index (χ2v) is 6.11. The molecule has 1 saturated heterocycles. The zero-order valence-corrected chi connectivity index (χ0v) is 12.5. The fourth-order valence-corrected chi connectivity index (χ4v) is 2.90. The van der Waals surface area contributed by atoms with Gasteiger partial charge in [0.1, 0.15) is 6.04 Å². The Hall–Kier alpha value is -1.92. The summed E-state index contributed by atoms with van der Waals surface area (Å²) < 4.78 is 5.17. The van der Waals surface area contributed by atoms with E-state index in [-0.39, 0.29) is 5.91 Å². The number of carbonyl (C=O) groups excluding carboxylic acids is 1. The standard InChI is InChI=1S/C15H21N3O4/c19-13(18-9-2-1-4-11(18)15(20)21)6-3-5-12-16-14(17-22-12)10-7-8-10/h10-11H,1-9H2,(H,20,21)/t11-/m0/s1. The first-order chi connectivity index (χ1) is 10.6. The third-order valence-electron chi connectivity index (χ3n) is 4.32. The van der Waals surface area contributed by atoms with Crippen LogP contribution in [0.15, 0.2) is 4.52 Å². The van der Waals surface area contributed by atoms with Crippen LogP contribution in [0.3, 0.4) is 0 Å². The van der Waals surface area contributed by atoms with Gasteiger partial charge in [0, 0.05) is 25.3 Å². The molecule has 1 aliphatic carbocycles. The molecule has 1 N–H and O–H groups in total. The molecule has 3 rings (SSSR count). The van der Waals surface area contributed by atoms with Crippen molar-refractivity contribution in [2.24, 2.45) is 0 Å². The zero-order valence-electron chi connectivity index (χ0n) is 12.5. The molecule has 2 aliphatic rings. The van der Waals surface area contributed by atoms with Gasteiger partial charge in [0.05, 0.1) is 0 Å². The van der Waals surface area contributed by atoms with E-state index in [0.717, 1.165) is 31.5 Å². The number of likely N-dealkylation sites (tertiary alicyclic amines) is 1. The fraction of sp³-hybridized carbons (Fsp3) is 0.733. The minimum atomic E-state index is -0.904. The summed E-state index contributed by atoms with van der Waals surface area (Å²) in [5, 5.41) is 13.1. The molecule has 0 aromatic carbocycles. The van der Waals surface area contributed by atoms with Gasteiger partial charge < -0.3 is 14.5 Å². The van der Waals surface area contributed by atoms with E-state index in [1.165, 1.54) is 4.90 Å². The average Bonchev–Trinajstić information content (AvgIpc) is 3.27. The number of aliphatic carboxylic acids is 1. The Labute approximate surface area is 128 Å². The Morgan fingerprint density at radius 2 is 2.09 bits per heavy atom. The van der Waals surface area contributed by atoms with Gasteiger partial charge in [-0.3, -0.25) is 4.79 Å². The smallest absolute Gasteiger partial charge is 0.326 e. The van der Waals surface area contributed by atoms with E-state index >= 15 is 0 Å². The molecule has 0 radical (unpaired) electrons. The lowest BCUT2D eigenvalue weighted by Gasteiger charge is -2.33. The van der Waals surface area contributed by atoms with Crippen LogP contribution in [0.1, 0.15) is 62.6 Å². The Kier molecular flexibility index (Phi) is 4.40. The number of hydrogen-bond donors (Lipinski definition) is 1. The number of amides is 1. The summed E-state index contributed by atoms with van der Waals surface area (Å²) in [6.07, 6.45) is 6.05. The number of hydrogen-bond acceptors (Lipinski definition) is 5. The summed E-state index contributed by atoms with van der Waals surface area (Å²) >= 11 is 0. The minimum absolute atomic E-state index is 0.0889. The Morgan fingerprint density at radius 3 is 2.82 bits per heavy atom. The summed E-state index contributed by atoms with van der Waals surface area (Å²) in [6.45, 7) is 0.544. The van der Waals surface area contributed by atoms with E-state index in [9.17, 15) is 14.7 Å². The highest BCUT2D eigenvalue weighted by molar-refractivity contribution is 5.83. The van der Waals surface area contributed by atoms with E-state index in [1.54, 1.807) is 0 Å². The molecule has 1 aromatic heterocycles. The molecular weight excluding hydrogens is 286 g/mol. The topological polar surface area (TPSA) is 96.5 Å². The molecule has 22 heavy (non-hydrogen) atoms. The molecular formula is C15H21N3O4. The normalized spacial score (nSPS) is 21.8. The molecule has 2 heterocycles. The van der Waals surface area contributed by atoms with Gasteiger partial charge in [0.15, 0.2) is 5.82 Å². The molecule has 1 saturated carbocycles. The van der Waals surface area contributed by atoms with Crippen molar-refractivity contribution in [3.05, 3.63) is 11.7 Å². The predicted octanol–water partition coefficient (Wildman–Crippen LogP) is 1.74. The molecule has 120 valence electrons. The third kappa shape index (κ3) is 3.45. The summed E-state index contributed by atoms with van der Waals surface area (Å²) in [5.41, 5.74) is 0. The molecule has 0 spiro atoms. The number of aryl methyl sites for hydroxylation is 1. The molecule has 1 atom stereocenters. The van der Waals surface area contributed by atoms with Gasteiger partial charge >= 0.3 is 5.97 Å². The molecule has 7 nitrogen and oxygen atoms in total. The van der Waals surface area contributed by atoms with Crippen LogP contribution < -0.4 is 0 Å². The van der Waals surface area contributed by atoms with Gasteiger partial charge in [0.2, 0.25) is 11.8 Å². The summed E-state index contributed by atoms with van der Waals surface area (Å²) in [4.78, 5) is 29.3. The predicted molar refractivity (Wildman–Crippen MR) is 76.2 cm³/mol. The van der Waals surface area contributed by atoms with E-state index in [2.05, 4.69) is 10.1 Å². The largest absolute Gasteiger partial charge is 0.480 e. The van der Waals surface area contributed by atoms with Crippen LogP contribution in [-0.4, -0.2) is 44.6 Å². The van der Waals surface area contributed by atoms with E-state index in [4.69, 9.17) is 4.52 Å². The SMILES string of the molecule is O=C(O)[C@@H]1CCCCN1C(=O)CCCc1nc(C2CC2)no1. The Morgan fingerprint density at radius 1 is 1.27 bits per heavy atom. The van der Waals surface area contributed by atoms with Gasteiger partial charge in [-0.1, -0.05) is 5.16 Å². The molecule has 2 fully saturated rings. The second-order valence-electron chi connectivity index (χ2n) is 6.11. The van der Waals surface area contributed by atoms with Crippen molar-refractivity contribution in [2.75, 3.05) is 6.54 Å². The first-order valence-corrected chi connectivity index (χ1v) is 8.00. The maximum Gasteiger partial charge on any atom is 0.326 e. The number of aromatic nitrogens is 2. The minimum Gasteiger partial charge on any atom is -0.480 e. The van der Waals surface area contributed by atoms with Crippen molar-refractivity contribution in [1.82, 2.24) is 15.0 Å². The highest BCUT2D eigenvalue weighted by Crippen LogP contribution is 2.38. The first-order valence-electron chi connectivity index (χ1n) is 8.00. The van der Waals surface area contributed by atoms with Gasteiger partial charge in [-0.2, -0.15) is 4.98 Å². The number of nitrogens with zero attached hydrogens (tertiary/aromatic N) is 3. The van der Waals surface area contributed by atoms with E-state index in [0.29, 0.717) is 44.0 Å². The third-order valence-corrected chi connectivity index (χ3v) is 4.32. The number of piperidine rings is 1. The van der Waals surface area contributed by atoms with Crippen molar-refractivity contribution in [3.63, 3.8) is 0 Å². The van der Waals surface area contributed by atoms with Crippen molar-refractivity contribution in [1.29, 1.82) is 0 Å². The maximum absolute atomic E-state index is 12.2. The van der Waals surface area contributed by atoms with Crippen molar-refractivity contribution < 1.29 is 19.2 Å².